The number of hydrazine groups is 1. The fraction of sp³-hybridized carbons (Fsp3) is 0.455. The predicted molar refractivity (Wildman–Crippen MR) is 75.3 cm³/mol. The SMILES string of the molecule is Cl.N=C(NCc1ccco1)NC(=N)NN1CCCC1. The second-order valence-electron chi connectivity index (χ2n) is 4.11. The molecule has 1 aromatic rings. The van der Waals surface area contributed by atoms with Gasteiger partial charge in [-0.15, -0.1) is 12.4 Å². The summed E-state index contributed by atoms with van der Waals surface area (Å²) in [6, 6.07) is 3.62. The van der Waals surface area contributed by atoms with Crippen LogP contribution < -0.4 is 16.1 Å². The number of halogens is 1. The Kier molecular flexibility index (Phi) is 6.17. The maximum Gasteiger partial charge on any atom is 0.210 e. The van der Waals surface area contributed by atoms with E-state index in [0.717, 1.165) is 31.7 Å². The third-order valence-electron chi connectivity index (χ3n) is 2.65. The average molecular weight is 287 g/mol. The van der Waals surface area contributed by atoms with E-state index in [1.165, 1.54) is 0 Å². The monoisotopic (exact) mass is 286 g/mol. The van der Waals surface area contributed by atoms with Crippen LogP contribution in [0.2, 0.25) is 0 Å². The lowest BCUT2D eigenvalue weighted by atomic mass is 10.4. The molecule has 0 aliphatic carbocycles. The highest BCUT2D eigenvalue weighted by atomic mass is 35.5. The van der Waals surface area contributed by atoms with Crippen LogP contribution >= 0.6 is 12.4 Å². The Morgan fingerprint density at radius 1 is 1.26 bits per heavy atom. The van der Waals surface area contributed by atoms with Crippen molar-refractivity contribution >= 4 is 24.3 Å². The lowest BCUT2D eigenvalue weighted by molar-refractivity contribution is 0.291. The van der Waals surface area contributed by atoms with Crippen LogP contribution in [-0.4, -0.2) is 30.0 Å². The average Bonchev–Trinajstić information content (AvgIpc) is 2.98. The molecule has 2 heterocycles. The lowest BCUT2D eigenvalue weighted by Gasteiger charge is -2.19. The van der Waals surface area contributed by atoms with Crippen molar-refractivity contribution in [2.24, 2.45) is 0 Å². The minimum atomic E-state index is 0. The van der Waals surface area contributed by atoms with Crippen LogP contribution in [0, 0.1) is 10.8 Å². The van der Waals surface area contributed by atoms with E-state index in [9.17, 15) is 0 Å². The van der Waals surface area contributed by atoms with E-state index in [4.69, 9.17) is 15.2 Å². The third kappa shape index (κ3) is 5.19. The van der Waals surface area contributed by atoms with Gasteiger partial charge in [0.25, 0.3) is 0 Å². The van der Waals surface area contributed by atoms with Crippen molar-refractivity contribution in [1.29, 1.82) is 10.8 Å². The predicted octanol–water partition coefficient (Wildman–Crippen LogP) is 0.851. The van der Waals surface area contributed by atoms with Crippen molar-refractivity contribution in [3.05, 3.63) is 24.2 Å². The topological polar surface area (TPSA) is 100 Å². The maximum atomic E-state index is 7.67. The van der Waals surface area contributed by atoms with Crippen LogP contribution in [0.5, 0.6) is 0 Å². The van der Waals surface area contributed by atoms with Crippen molar-refractivity contribution in [2.75, 3.05) is 13.1 Å². The molecule has 0 spiro atoms. The number of guanidine groups is 2. The molecule has 1 aliphatic heterocycles. The van der Waals surface area contributed by atoms with Gasteiger partial charge in [0, 0.05) is 13.1 Å². The molecule has 0 atom stereocenters. The molecule has 2 rings (SSSR count). The fourth-order valence-electron chi connectivity index (χ4n) is 1.77. The van der Waals surface area contributed by atoms with E-state index in [0.29, 0.717) is 6.54 Å². The molecule has 1 aromatic heterocycles. The standard InChI is InChI=1S/C11H18N6O.ClH/c12-10(14-8-9-4-3-7-18-9)15-11(13)16-17-5-1-2-6-17;/h3-4,7H,1-2,5-6,8H2,(H5,12,13,14,15,16);1H. The van der Waals surface area contributed by atoms with Crippen LogP contribution in [0.25, 0.3) is 0 Å². The van der Waals surface area contributed by atoms with E-state index in [2.05, 4.69) is 16.1 Å². The first-order chi connectivity index (χ1) is 8.74. The summed E-state index contributed by atoms with van der Waals surface area (Å²) in [7, 11) is 0. The molecular formula is C11H19ClN6O. The van der Waals surface area contributed by atoms with Gasteiger partial charge in [-0.3, -0.25) is 21.6 Å². The molecule has 8 heteroatoms. The van der Waals surface area contributed by atoms with Crippen LogP contribution in [0.1, 0.15) is 18.6 Å². The normalized spacial score (nSPS) is 14.5. The molecular weight excluding hydrogens is 268 g/mol. The summed E-state index contributed by atoms with van der Waals surface area (Å²) in [5, 5.41) is 22.7. The Morgan fingerprint density at radius 3 is 2.63 bits per heavy atom. The highest BCUT2D eigenvalue weighted by molar-refractivity contribution is 5.95. The number of hydrogen-bond acceptors (Lipinski definition) is 4. The smallest absolute Gasteiger partial charge is 0.210 e. The molecule has 19 heavy (non-hydrogen) atoms. The van der Waals surface area contributed by atoms with Crippen molar-refractivity contribution in [1.82, 2.24) is 21.1 Å². The number of furan rings is 1. The molecule has 5 N–H and O–H groups in total. The molecule has 1 fully saturated rings. The zero-order valence-corrected chi connectivity index (χ0v) is 11.3. The molecule has 0 aromatic carbocycles. The van der Waals surface area contributed by atoms with E-state index < -0.39 is 0 Å². The Bertz CT molecular complexity index is 401. The first-order valence-corrected chi connectivity index (χ1v) is 5.96. The van der Waals surface area contributed by atoms with Crippen molar-refractivity contribution in [2.45, 2.75) is 19.4 Å². The van der Waals surface area contributed by atoms with Crippen molar-refractivity contribution < 1.29 is 4.42 Å². The second kappa shape index (κ2) is 7.65. The minimum Gasteiger partial charge on any atom is -0.467 e. The molecule has 1 aliphatic rings. The summed E-state index contributed by atoms with van der Waals surface area (Å²) in [6.07, 6.45) is 3.88. The number of nitrogens with zero attached hydrogens (tertiary/aromatic N) is 1. The van der Waals surface area contributed by atoms with Gasteiger partial charge in [0.15, 0.2) is 5.96 Å². The van der Waals surface area contributed by atoms with Crippen LogP contribution in [-0.2, 0) is 6.54 Å². The zero-order chi connectivity index (χ0) is 12.8. The molecule has 1 saturated heterocycles. The van der Waals surface area contributed by atoms with Crippen LogP contribution in [0.4, 0.5) is 0 Å². The molecule has 0 radical (unpaired) electrons. The zero-order valence-electron chi connectivity index (χ0n) is 10.5. The molecule has 0 unspecified atom stereocenters. The number of rotatable bonds is 3. The van der Waals surface area contributed by atoms with Gasteiger partial charge in [0.05, 0.1) is 12.8 Å². The second-order valence-corrected chi connectivity index (χ2v) is 4.11. The molecule has 106 valence electrons. The minimum absolute atomic E-state index is 0. The first kappa shape index (κ1) is 15.3. The van der Waals surface area contributed by atoms with Gasteiger partial charge in [0.2, 0.25) is 5.96 Å². The Morgan fingerprint density at radius 2 is 2.00 bits per heavy atom. The van der Waals surface area contributed by atoms with E-state index in [1.807, 2.05) is 11.1 Å². The molecule has 7 nitrogen and oxygen atoms in total. The van der Waals surface area contributed by atoms with Gasteiger partial charge < -0.3 is 9.73 Å². The molecule has 0 amide bonds. The largest absolute Gasteiger partial charge is 0.467 e. The van der Waals surface area contributed by atoms with E-state index >= 15 is 0 Å². The van der Waals surface area contributed by atoms with Crippen molar-refractivity contribution in [3.8, 4) is 0 Å². The van der Waals surface area contributed by atoms with Crippen LogP contribution in [0.3, 0.4) is 0 Å². The highest BCUT2D eigenvalue weighted by Gasteiger charge is 2.12. The van der Waals surface area contributed by atoms with Gasteiger partial charge in [-0.05, 0) is 25.0 Å². The summed E-state index contributed by atoms with van der Waals surface area (Å²) in [4.78, 5) is 0. The first-order valence-electron chi connectivity index (χ1n) is 5.96. The van der Waals surface area contributed by atoms with Crippen molar-refractivity contribution in [3.63, 3.8) is 0 Å². The Labute approximate surface area is 118 Å². The summed E-state index contributed by atoms with van der Waals surface area (Å²) in [5.74, 6) is 0.928. The molecule has 0 bridgehead atoms. The Balaban J connectivity index is 0.00000180. The van der Waals surface area contributed by atoms with Gasteiger partial charge in [0.1, 0.15) is 5.76 Å². The van der Waals surface area contributed by atoms with E-state index in [-0.39, 0.29) is 24.3 Å². The maximum absolute atomic E-state index is 7.67. The van der Waals surface area contributed by atoms with Gasteiger partial charge in [-0.1, -0.05) is 0 Å². The Hall–Kier alpha value is -1.73. The number of hydrogen-bond donors (Lipinski definition) is 5. The van der Waals surface area contributed by atoms with Gasteiger partial charge >= 0.3 is 0 Å². The summed E-state index contributed by atoms with van der Waals surface area (Å²) in [6.45, 7) is 2.31. The van der Waals surface area contributed by atoms with Gasteiger partial charge in [-0.2, -0.15) is 0 Å². The quantitative estimate of drug-likeness (QED) is 0.419. The lowest BCUT2D eigenvalue weighted by Crippen LogP contribution is -2.50. The van der Waals surface area contributed by atoms with E-state index in [1.54, 1.807) is 12.3 Å². The highest BCUT2D eigenvalue weighted by Crippen LogP contribution is 2.02. The number of nitrogens with one attached hydrogen (secondary N) is 5. The summed E-state index contributed by atoms with van der Waals surface area (Å²) < 4.78 is 5.13. The summed E-state index contributed by atoms with van der Waals surface area (Å²) in [5.41, 5.74) is 2.90. The summed E-state index contributed by atoms with van der Waals surface area (Å²) >= 11 is 0. The third-order valence-corrected chi connectivity index (χ3v) is 2.65. The van der Waals surface area contributed by atoms with Gasteiger partial charge in [-0.25, -0.2) is 5.01 Å². The van der Waals surface area contributed by atoms with Crippen LogP contribution in [0.15, 0.2) is 22.8 Å². The molecule has 0 saturated carbocycles. The fourth-order valence-corrected chi connectivity index (χ4v) is 1.77.